The first kappa shape index (κ1) is 41.4. The molecular formula is C58H58. The summed E-state index contributed by atoms with van der Waals surface area (Å²) in [6.07, 6.45) is 0. The fourth-order valence-corrected chi connectivity index (χ4v) is 7.42. The van der Waals surface area contributed by atoms with Gasteiger partial charge in [-0.15, -0.1) is 0 Å². The van der Waals surface area contributed by atoms with Crippen LogP contribution in [0.2, 0.25) is 0 Å². The van der Waals surface area contributed by atoms with Crippen molar-refractivity contribution >= 4 is 0 Å². The molecule has 290 valence electrons. The van der Waals surface area contributed by atoms with Gasteiger partial charge in [-0.05, 0) is 131 Å². The fourth-order valence-electron chi connectivity index (χ4n) is 7.42. The second kappa shape index (κ2) is 19.3. The Morgan fingerprint density at radius 3 is 0.586 bits per heavy atom. The van der Waals surface area contributed by atoms with Gasteiger partial charge in [0.1, 0.15) is 0 Å². The van der Waals surface area contributed by atoms with Crippen LogP contribution in [0.25, 0.3) is 33.4 Å². The van der Waals surface area contributed by atoms with Gasteiger partial charge < -0.3 is 0 Å². The van der Waals surface area contributed by atoms with Crippen LogP contribution in [0.3, 0.4) is 0 Å². The van der Waals surface area contributed by atoms with Gasteiger partial charge in [-0.25, -0.2) is 0 Å². The minimum absolute atomic E-state index is 0.293. The summed E-state index contributed by atoms with van der Waals surface area (Å²) in [5.74, 6) is 0.293. The SMILES string of the molecule is Cc1cc(C)cc(C)c1.Cc1ccc(-c2cc(-c3ccc(C)cc3)cc(-c3ccc(C)cc3)c2)cc1.Cc1ccc(C(c2ccc(C)cc2)c2ccc(C)cc2)cc1. The molecule has 0 radical (unpaired) electrons. The molecule has 0 N–H and O–H groups in total. The molecule has 8 rings (SSSR count). The normalized spacial score (nSPS) is 10.7. The number of aryl methyl sites for hydroxylation is 9. The monoisotopic (exact) mass is 754 g/mol. The van der Waals surface area contributed by atoms with Gasteiger partial charge in [0.2, 0.25) is 0 Å². The lowest BCUT2D eigenvalue weighted by atomic mass is 9.84. The molecule has 0 bridgehead atoms. The first-order valence-electron chi connectivity index (χ1n) is 20.5. The maximum absolute atomic E-state index is 2.30. The standard InChI is InChI=1S/C27H24.C22H22.C9H12/c1-19-4-10-22(11-5-19)25-16-26(23-12-6-20(2)7-13-23)18-27(17-25)24-14-8-21(3)9-15-24;1-16-4-10-19(11-5-16)22(20-12-6-17(2)7-13-20)21-14-8-18(3)9-15-21;1-7-4-8(2)6-9(3)5-7/h4-18H,1-3H3;4-15,22H,1-3H3;4-6H,1-3H3. The van der Waals surface area contributed by atoms with Gasteiger partial charge in [0, 0.05) is 5.92 Å². The Bertz CT molecular complexity index is 2200. The van der Waals surface area contributed by atoms with E-state index in [4.69, 9.17) is 0 Å². The van der Waals surface area contributed by atoms with Gasteiger partial charge in [-0.3, -0.25) is 0 Å². The zero-order chi connectivity index (χ0) is 41.2. The predicted octanol–water partition coefficient (Wildman–Crippen LogP) is 16.0. The molecule has 0 aromatic heterocycles. The lowest BCUT2D eigenvalue weighted by Crippen LogP contribution is -2.03. The first-order chi connectivity index (χ1) is 27.9. The van der Waals surface area contributed by atoms with E-state index < -0.39 is 0 Å². The van der Waals surface area contributed by atoms with Crippen LogP contribution in [0.1, 0.15) is 72.7 Å². The summed E-state index contributed by atoms with van der Waals surface area (Å²) in [5.41, 5.74) is 23.4. The van der Waals surface area contributed by atoms with Crippen LogP contribution in [0.15, 0.2) is 182 Å². The molecule has 0 unspecified atom stereocenters. The third-order valence-corrected chi connectivity index (χ3v) is 10.7. The molecular weight excluding hydrogens is 697 g/mol. The van der Waals surface area contributed by atoms with Crippen molar-refractivity contribution < 1.29 is 0 Å². The van der Waals surface area contributed by atoms with Crippen molar-refractivity contribution in [1.29, 1.82) is 0 Å². The van der Waals surface area contributed by atoms with Crippen LogP contribution in [-0.2, 0) is 0 Å². The second-order valence-electron chi connectivity index (χ2n) is 16.2. The molecule has 0 saturated carbocycles. The Labute approximate surface area is 348 Å². The number of hydrogen-bond donors (Lipinski definition) is 0. The first-order valence-corrected chi connectivity index (χ1v) is 20.5. The Kier molecular flexibility index (Phi) is 13.8. The van der Waals surface area contributed by atoms with Gasteiger partial charge in [0.05, 0.1) is 0 Å². The topological polar surface area (TPSA) is 0 Å². The summed E-state index contributed by atoms with van der Waals surface area (Å²) in [7, 11) is 0. The Balaban J connectivity index is 0.000000164. The van der Waals surface area contributed by atoms with Crippen LogP contribution in [-0.4, -0.2) is 0 Å². The summed E-state index contributed by atoms with van der Waals surface area (Å²) >= 11 is 0. The van der Waals surface area contributed by atoms with Crippen molar-refractivity contribution in [3.63, 3.8) is 0 Å². The van der Waals surface area contributed by atoms with Crippen LogP contribution >= 0.6 is 0 Å². The molecule has 0 aliphatic rings. The van der Waals surface area contributed by atoms with Crippen LogP contribution in [0, 0.1) is 62.3 Å². The highest BCUT2D eigenvalue weighted by molar-refractivity contribution is 5.81. The van der Waals surface area contributed by atoms with Gasteiger partial charge in [0.25, 0.3) is 0 Å². The van der Waals surface area contributed by atoms with E-state index in [0.29, 0.717) is 5.92 Å². The molecule has 0 aliphatic carbocycles. The summed E-state index contributed by atoms with van der Waals surface area (Å²) in [6, 6.07) is 66.5. The Morgan fingerprint density at radius 1 is 0.190 bits per heavy atom. The van der Waals surface area contributed by atoms with Crippen molar-refractivity contribution in [3.8, 4) is 33.4 Å². The smallest absolute Gasteiger partial charge is 0.0339 e. The molecule has 0 heterocycles. The van der Waals surface area contributed by atoms with Crippen molar-refractivity contribution in [2.45, 2.75) is 68.2 Å². The highest BCUT2D eigenvalue weighted by Gasteiger charge is 2.16. The van der Waals surface area contributed by atoms with Gasteiger partial charge in [0.15, 0.2) is 0 Å². The molecule has 0 saturated heterocycles. The predicted molar refractivity (Wildman–Crippen MR) is 252 cm³/mol. The summed E-state index contributed by atoms with van der Waals surface area (Å²) in [6.45, 7) is 19.2. The van der Waals surface area contributed by atoms with Gasteiger partial charge in [-0.1, -0.05) is 214 Å². The van der Waals surface area contributed by atoms with Crippen molar-refractivity contribution in [1.82, 2.24) is 0 Å². The summed E-state index contributed by atoms with van der Waals surface area (Å²) in [5, 5.41) is 0. The Morgan fingerprint density at radius 2 is 0.379 bits per heavy atom. The largest absolute Gasteiger partial charge is 0.0590 e. The molecule has 0 spiro atoms. The molecule has 0 atom stereocenters. The zero-order valence-electron chi connectivity index (χ0n) is 35.9. The zero-order valence-corrected chi connectivity index (χ0v) is 35.9. The van der Waals surface area contributed by atoms with Crippen LogP contribution in [0.5, 0.6) is 0 Å². The molecule has 8 aromatic rings. The number of benzene rings is 8. The minimum atomic E-state index is 0.293. The van der Waals surface area contributed by atoms with Crippen LogP contribution in [0.4, 0.5) is 0 Å². The lowest BCUT2D eigenvalue weighted by molar-refractivity contribution is 0.973. The lowest BCUT2D eigenvalue weighted by Gasteiger charge is -2.19. The van der Waals surface area contributed by atoms with E-state index in [1.165, 1.54) is 100 Å². The second-order valence-corrected chi connectivity index (χ2v) is 16.2. The van der Waals surface area contributed by atoms with E-state index in [1.807, 2.05) is 0 Å². The van der Waals surface area contributed by atoms with Crippen molar-refractivity contribution in [2.24, 2.45) is 0 Å². The molecule has 0 amide bonds. The highest BCUT2D eigenvalue weighted by atomic mass is 14.2. The highest BCUT2D eigenvalue weighted by Crippen LogP contribution is 2.34. The van der Waals surface area contributed by atoms with Crippen LogP contribution < -0.4 is 0 Å². The van der Waals surface area contributed by atoms with E-state index in [1.54, 1.807) is 0 Å². The van der Waals surface area contributed by atoms with Gasteiger partial charge in [-0.2, -0.15) is 0 Å². The summed E-state index contributed by atoms with van der Waals surface area (Å²) in [4.78, 5) is 0. The van der Waals surface area contributed by atoms with E-state index in [-0.39, 0.29) is 0 Å². The van der Waals surface area contributed by atoms with E-state index in [9.17, 15) is 0 Å². The van der Waals surface area contributed by atoms with E-state index in [2.05, 4.69) is 244 Å². The molecule has 0 fully saturated rings. The molecule has 0 heteroatoms. The number of hydrogen-bond acceptors (Lipinski definition) is 0. The van der Waals surface area contributed by atoms with Crippen molar-refractivity contribution in [2.75, 3.05) is 0 Å². The van der Waals surface area contributed by atoms with Gasteiger partial charge >= 0.3 is 0 Å². The maximum atomic E-state index is 2.30. The average Bonchev–Trinajstić information content (AvgIpc) is 3.21. The van der Waals surface area contributed by atoms with E-state index in [0.717, 1.165) is 0 Å². The third-order valence-electron chi connectivity index (χ3n) is 10.7. The minimum Gasteiger partial charge on any atom is -0.0590 e. The molecule has 0 nitrogen and oxygen atoms in total. The summed E-state index contributed by atoms with van der Waals surface area (Å²) < 4.78 is 0. The van der Waals surface area contributed by atoms with E-state index >= 15 is 0 Å². The Hall–Kier alpha value is -6.24. The quantitative estimate of drug-likeness (QED) is 0.148. The molecule has 8 aromatic carbocycles. The third kappa shape index (κ3) is 11.4. The fraction of sp³-hybridized carbons (Fsp3) is 0.172. The van der Waals surface area contributed by atoms with Crippen molar-refractivity contribution in [3.05, 3.63) is 249 Å². The number of rotatable bonds is 6. The molecule has 0 aliphatic heterocycles. The average molecular weight is 755 g/mol. The maximum Gasteiger partial charge on any atom is 0.0339 e. The molecule has 58 heavy (non-hydrogen) atoms.